The molecule has 0 spiro atoms. The number of amides is 1. The number of hydrogen-bond donors (Lipinski definition) is 2. The second kappa shape index (κ2) is 6.19. The summed E-state index contributed by atoms with van der Waals surface area (Å²) in [6, 6.07) is 1.62. The van der Waals surface area contributed by atoms with Crippen LogP contribution >= 0.6 is 0 Å². The Kier molecular flexibility index (Phi) is 4.83. The smallest absolute Gasteiger partial charge is 0.273 e. The lowest BCUT2D eigenvalue weighted by molar-refractivity contribution is 0.0944. The summed E-state index contributed by atoms with van der Waals surface area (Å²) in [5.41, 5.74) is 0.343. The van der Waals surface area contributed by atoms with Crippen molar-refractivity contribution in [2.45, 2.75) is 20.3 Å². The second-order valence-electron chi connectivity index (χ2n) is 3.29. The summed E-state index contributed by atoms with van der Waals surface area (Å²) in [5.74, 6) is 0.469. The molecule has 0 bridgehead atoms. The van der Waals surface area contributed by atoms with Crippen LogP contribution in [0.4, 0.5) is 0 Å². The number of nitrogens with zero attached hydrogens (tertiary/aromatic N) is 1. The molecule has 0 saturated heterocycles. The Bertz CT molecular complexity index is 309. The van der Waals surface area contributed by atoms with Crippen molar-refractivity contribution < 1.29 is 9.32 Å². The van der Waals surface area contributed by atoms with E-state index < -0.39 is 0 Å². The largest absolute Gasteiger partial charge is 0.361 e. The van der Waals surface area contributed by atoms with Crippen LogP contribution in [0.5, 0.6) is 0 Å². The quantitative estimate of drug-likeness (QED) is 0.680. The predicted molar refractivity (Wildman–Crippen MR) is 56.7 cm³/mol. The molecule has 0 aliphatic heterocycles. The van der Waals surface area contributed by atoms with Crippen LogP contribution < -0.4 is 10.6 Å². The fourth-order valence-electron chi connectivity index (χ4n) is 1.16. The lowest BCUT2D eigenvalue weighted by Gasteiger charge is -2.02. The van der Waals surface area contributed by atoms with Gasteiger partial charge in [0.15, 0.2) is 5.69 Å². The number of carbonyl (C=O) groups excluding carboxylic acids is 1. The summed E-state index contributed by atoms with van der Waals surface area (Å²) in [7, 11) is 0. The molecule has 0 fully saturated rings. The van der Waals surface area contributed by atoms with Crippen molar-refractivity contribution in [3.63, 3.8) is 0 Å². The summed E-state index contributed by atoms with van der Waals surface area (Å²) >= 11 is 0. The second-order valence-corrected chi connectivity index (χ2v) is 3.29. The Hall–Kier alpha value is -1.36. The van der Waals surface area contributed by atoms with Crippen LogP contribution in [0.15, 0.2) is 10.6 Å². The summed E-state index contributed by atoms with van der Waals surface area (Å²) in [6.07, 6.45) is 0.913. The van der Waals surface area contributed by atoms with Gasteiger partial charge in [0.05, 0.1) is 0 Å². The van der Waals surface area contributed by atoms with E-state index in [-0.39, 0.29) is 5.91 Å². The van der Waals surface area contributed by atoms with E-state index in [4.69, 9.17) is 4.52 Å². The zero-order valence-electron chi connectivity index (χ0n) is 9.17. The van der Waals surface area contributed by atoms with Gasteiger partial charge >= 0.3 is 0 Å². The van der Waals surface area contributed by atoms with Crippen LogP contribution in [-0.2, 0) is 0 Å². The van der Waals surface area contributed by atoms with Crippen molar-refractivity contribution in [1.29, 1.82) is 0 Å². The van der Waals surface area contributed by atoms with Crippen LogP contribution in [0.1, 0.15) is 29.6 Å². The molecule has 1 rings (SSSR count). The van der Waals surface area contributed by atoms with Gasteiger partial charge in [-0.2, -0.15) is 0 Å². The summed E-state index contributed by atoms with van der Waals surface area (Å²) in [5, 5.41) is 9.58. The Morgan fingerprint density at radius 2 is 2.33 bits per heavy atom. The molecule has 0 aromatic carbocycles. The third kappa shape index (κ3) is 4.12. The highest BCUT2D eigenvalue weighted by Gasteiger charge is 2.09. The lowest BCUT2D eigenvalue weighted by Crippen LogP contribution is -2.27. The number of nitrogens with one attached hydrogen (secondary N) is 2. The molecule has 0 aliphatic rings. The Labute approximate surface area is 89.2 Å². The van der Waals surface area contributed by atoms with Gasteiger partial charge in [0.1, 0.15) is 5.76 Å². The minimum Gasteiger partial charge on any atom is -0.361 e. The van der Waals surface area contributed by atoms with Gasteiger partial charge in [-0.1, -0.05) is 12.1 Å². The van der Waals surface area contributed by atoms with Gasteiger partial charge in [-0.3, -0.25) is 4.79 Å². The summed E-state index contributed by atoms with van der Waals surface area (Å²) < 4.78 is 4.81. The molecule has 1 aromatic heterocycles. The molecule has 0 saturated carbocycles. The summed E-state index contributed by atoms with van der Waals surface area (Å²) in [4.78, 5) is 11.4. The van der Waals surface area contributed by atoms with Gasteiger partial charge in [0.25, 0.3) is 5.91 Å². The monoisotopic (exact) mass is 211 g/mol. The van der Waals surface area contributed by atoms with Crippen LogP contribution in [0.25, 0.3) is 0 Å². The maximum atomic E-state index is 11.4. The zero-order valence-corrected chi connectivity index (χ0v) is 9.17. The minimum absolute atomic E-state index is 0.177. The van der Waals surface area contributed by atoms with E-state index in [9.17, 15) is 4.79 Å². The molecule has 0 aliphatic carbocycles. The van der Waals surface area contributed by atoms with E-state index in [2.05, 4.69) is 22.7 Å². The average Bonchev–Trinajstić information content (AvgIpc) is 2.64. The van der Waals surface area contributed by atoms with Crippen LogP contribution in [0.2, 0.25) is 0 Å². The van der Waals surface area contributed by atoms with Crippen LogP contribution in [-0.4, -0.2) is 30.7 Å². The third-order valence-electron chi connectivity index (χ3n) is 1.93. The number of rotatable bonds is 6. The SMILES string of the molecule is CCNCCCNC(=O)c1cc(C)on1. The number of aromatic nitrogens is 1. The van der Waals surface area contributed by atoms with E-state index in [0.29, 0.717) is 18.0 Å². The van der Waals surface area contributed by atoms with E-state index in [0.717, 1.165) is 19.5 Å². The molecular weight excluding hydrogens is 194 g/mol. The first-order chi connectivity index (χ1) is 7.24. The van der Waals surface area contributed by atoms with Gasteiger partial charge in [-0.05, 0) is 26.4 Å². The van der Waals surface area contributed by atoms with Gasteiger partial charge in [0.2, 0.25) is 0 Å². The van der Waals surface area contributed by atoms with Crippen molar-refractivity contribution in [2.24, 2.45) is 0 Å². The fraction of sp³-hybridized carbons (Fsp3) is 0.600. The first-order valence-electron chi connectivity index (χ1n) is 5.16. The third-order valence-corrected chi connectivity index (χ3v) is 1.93. The fourth-order valence-corrected chi connectivity index (χ4v) is 1.16. The number of hydrogen-bond acceptors (Lipinski definition) is 4. The molecule has 5 heteroatoms. The summed E-state index contributed by atoms with van der Waals surface area (Å²) in [6.45, 7) is 6.33. The van der Waals surface area contributed by atoms with Crippen molar-refractivity contribution in [3.05, 3.63) is 17.5 Å². The van der Waals surface area contributed by atoms with Gasteiger partial charge in [0, 0.05) is 12.6 Å². The molecule has 1 aromatic rings. The van der Waals surface area contributed by atoms with Crippen molar-refractivity contribution in [2.75, 3.05) is 19.6 Å². The first kappa shape index (κ1) is 11.7. The van der Waals surface area contributed by atoms with Gasteiger partial charge in [-0.25, -0.2) is 0 Å². The van der Waals surface area contributed by atoms with Crippen molar-refractivity contribution in [1.82, 2.24) is 15.8 Å². The first-order valence-corrected chi connectivity index (χ1v) is 5.16. The molecule has 1 amide bonds. The van der Waals surface area contributed by atoms with E-state index in [1.165, 1.54) is 0 Å². The van der Waals surface area contributed by atoms with Crippen LogP contribution in [0.3, 0.4) is 0 Å². The standard InChI is InChI=1S/C10H17N3O2/c1-3-11-5-4-6-12-10(14)9-7-8(2)15-13-9/h7,11H,3-6H2,1-2H3,(H,12,14). The Morgan fingerprint density at radius 1 is 1.53 bits per heavy atom. The molecule has 0 radical (unpaired) electrons. The number of carbonyl (C=O) groups is 1. The molecule has 15 heavy (non-hydrogen) atoms. The van der Waals surface area contributed by atoms with Crippen molar-refractivity contribution in [3.8, 4) is 0 Å². The maximum Gasteiger partial charge on any atom is 0.273 e. The van der Waals surface area contributed by atoms with E-state index >= 15 is 0 Å². The normalized spacial score (nSPS) is 10.3. The maximum absolute atomic E-state index is 11.4. The van der Waals surface area contributed by atoms with E-state index in [1.54, 1.807) is 13.0 Å². The van der Waals surface area contributed by atoms with Crippen LogP contribution in [0, 0.1) is 6.92 Å². The highest BCUT2D eigenvalue weighted by Crippen LogP contribution is 2.00. The molecular formula is C10H17N3O2. The molecule has 2 N–H and O–H groups in total. The molecule has 84 valence electrons. The highest BCUT2D eigenvalue weighted by atomic mass is 16.5. The zero-order chi connectivity index (χ0) is 11.1. The average molecular weight is 211 g/mol. The molecule has 1 heterocycles. The Balaban J connectivity index is 2.19. The number of aryl methyl sites for hydroxylation is 1. The van der Waals surface area contributed by atoms with Gasteiger partial charge < -0.3 is 15.2 Å². The highest BCUT2D eigenvalue weighted by molar-refractivity contribution is 5.92. The lowest BCUT2D eigenvalue weighted by atomic mass is 10.3. The Morgan fingerprint density at radius 3 is 2.93 bits per heavy atom. The molecule has 5 nitrogen and oxygen atoms in total. The predicted octanol–water partition coefficient (Wildman–Crippen LogP) is 0.712. The van der Waals surface area contributed by atoms with E-state index in [1.807, 2.05) is 0 Å². The topological polar surface area (TPSA) is 67.2 Å². The molecule has 0 unspecified atom stereocenters. The minimum atomic E-state index is -0.177. The van der Waals surface area contributed by atoms with Crippen molar-refractivity contribution >= 4 is 5.91 Å². The molecule has 0 atom stereocenters. The van der Waals surface area contributed by atoms with Gasteiger partial charge in [-0.15, -0.1) is 0 Å².